The fraction of sp³-hybridized carbons (Fsp3) is 1.00. The smallest absolute Gasteiger partial charge is 0.0561 e. The van der Waals surface area contributed by atoms with E-state index >= 15 is 0 Å². The first-order valence-electron chi connectivity index (χ1n) is 6.27. The Labute approximate surface area is 92.5 Å². The maximum absolute atomic E-state index is 5.53. The molecule has 0 radical (unpaired) electrons. The van der Waals surface area contributed by atoms with Crippen molar-refractivity contribution in [2.75, 3.05) is 26.4 Å². The molecule has 0 saturated carbocycles. The van der Waals surface area contributed by atoms with Crippen molar-refractivity contribution in [3.05, 3.63) is 0 Å². The average Bonchev–Trinajstić information content (AvgIpc) is 2.71. The topological polar surface area (TPSA) is 30.5 Å². The molecule has 0 aromatic rings. The molecule has 0 bridgehead atoms. The lowest BCUT2D eigenvalue weighted by atomic mass is 10.0. The standard InChI is InChI=1S/C12H23NO2/c1-10-8-12(4-7-15-10)13-5-2-11-3-6-14-9-11/h10-13H,2-9H2,1H3. The van der Waals surface area contributed by atoms with Crippen molar-refractivity contribution in [3.63, 3.8) is 0 Å². The Hall–Kier alpha value is -0.120. The Bertz CT molecular complexity index is 180. The highest BCUT2D eigenvalue weighted by molar-refractivity contribution is 4.75. The van der Waals surface area contributed by atoms with Gasteiger partial charge in [-0.15, -0.1) is 0 Å². The molecule has 0 amide bonds. The van der Waals surface area contributed by atoms with Gasteiger partial charge in [0.05, 0.1) is 6.10 Å². The van der Waals surface area contributed by atoms with Crippen LogP contribution in [0.25, 0.3) is 0 Å². The van der Waals surface area contributed by atoms with Gasteiger partial charge in [0.25, 0.3) is 0 Å². The Morgan fingerprint density at radius 2 is 2.20 bits per heavy atom. The lowest BCUT2D eigenvalue weighted by molar-refractivity contribution is 0.0132. The monoisotopic (exact) mass is 213 g/mol. The molecule has 15 heavy (non-hydrogen) atoms. The number of ether oxygens (including phenoxy) is 2. The van der Waals surface area contributed by atoms with E-state index < -0.39 is 0 Å². The molecule has 2 fully saturated rings. The van der Waals surface area contributed by atoms with Crippen LogP contribution in [0.15, 0.2) is 0 Å². The lowest BCUT2D eigenvalue weighted by Gasteiger charge is -2.28. The van der Waals surface area contributed by atoms with Gasteiger partial charge in [-0.25, -0.2) is 0 Å². The number of hydrogen-bond donors (Lipinski definition) is 1. The summed E-state index contributed by atoms with van der Waals surface area (Å²) in [6.07, 6.45) is 5.30. The second-order valence-electron chi connectivity index (χ2n) is 4.88. The first kappa shape index (κ1) is 11.4. The molecule has 2 aliphatic heterocycles. The second-order valence-corrected chi connectivity index (χ2v) is 4.88. The van der Waals surface area contributed by atoms with Crippen molar-refractivity contribution in [1.29, 1.82) is 0 Å². The van der Waals surface area contributed by atoms with Gasteiger partial charge in [-0.05, 0) is 45.1 Å². The molecule has 0 aliphatic carbocycles. The highest BCUT2D eigenvalue weighted by Crippen LogP contribution is 2.17. The molecule has 2 aliphatic rings. The van der Waals surface area contributed by atoms with E-state index in [1.54, 1.807) is 0 Å². The molecule has 3 heteroatoms. The molecule has 2 heterocycles. The predicted molar refractivity (Wildman–Crippen MR) is 60.0 cm³/mol. The average molecular weight is 213 g/mol. The minimum atomic E-state index is 0.436. The third-order valence-electron chi connectivity index (χ3n) is 3.49. The molecular formula is C12H23NO2. The van der Waals surface area contributed by atoms with Crippen LogP contribution < -0.4 is 5.32 Å². The van der Waals surface area contributed by atoms with Crippen molar-refractivity contribution in [1.82, 2.24) is 5.32 Å². The van der Waals surface area contributed by atoms with Gasteiger partial charge in [0.1, 0.15) is 0 Å². The minimum absolute atomic E-state index is 0.436. The Morgan fingerprint density at radius 1 is 1.27 bits per heavy atom. The predicted octanol–water partition coefficient (Wildman–Crippen LogP) is 1.57. The zero-order valence-corrected chi connectivity index (χ0v) is 9.71. The summed E-state index contributed by atoms with van der Waals surface area (Å²) >= 11 is 0. The molecule has 3 nitrogen and oxygen atoms in total. The fourth-order valence-electron chi connectivity index (χ4n) is 2.49. The first-order valence-corrected chi connectivity index (χ1v) is 6.27. The van der Waals surface area contributed by atoms with Gasteiger partial charge in [-0.3, -0.25) is 0 Å². The lowest BCUT2D eigenvalue weighted by Crippen LogP contribution is -2.38. The molecule has 88 valence electrons. The quantitative estimate of drug-likeness (QED) is 0.769. The normalized spacial score (nSPS) is 37.0. The Morgan fingerprint density at radius 3 is 2.93 bits per heavy atom. The van der Waals surface area contributed by atoms with E-state index in [1.807, 2.05) is 0 Å². The molecule has 0 aromatic carbocycles. The van der Waals surface area contributed by atoms with E-state index in [1.165, 1.54) is 25.7 Å². The van der Waals surface area contributed by atoms with Crippen LogP contribution in [-0.2, 0) is 9.47 Å². The minimum Gasteiger partial charge on any atom is -0.381 e. The van der Waals surface area contributed by atoms with E-state index in [9.17, 15) is 0 Å². The largest absolute Gasteiger partial charge is 0.381 e. The van der Waals surface area contributed by atoms with E-state index in [2.05, 4.69) is 12.2 Å². The van der Waals surface area contributed by atoms with Gasteiger partial charge < -0.3 is 14.8 Å². The summed E-state index contributed by atoms with van der Waals surface area (Å²) in [4.78, 5) is 0. The number of hydrogen-bond acceptors (Lipinski definition) is 3. The van der Waals surface area contributed by atoms with E-state index in [-0.39, 0.29) is 0 Å². The summed E-state index contributed by atoms with van der Waals surface area (Å²) in [6, 6.07) is 0.677. The number of nitrogens with one attached hydrogen (secondary N) is 1. The van der Waals surface area contributed by atoms with Crippen LogP contribution in [0.5, 0.6) is 0 Å². The summed E-state index contributed by atoms with van der Waals surface area (Å²) in [5.41, 5.74) is 0. The van der Waals surface area contributed by atoms with Crippen LogP contribution in [-0.4, -0.2) is 38.5 Å². The molecule has 0 aromatic heterocycles. The van der Waals surface area contributed by atoms with Crippen LogP contribution in [0.2, 0.25) is 0 Å². The van der Waals surface area contributed by atoms with Gasteiger partial charge in [-0.1, -0.05) is 0 Å². The summed E-state index contributed by atoms with van der Waals surface area (Å²) < 4.78 is 10.9. The van der Waals surface area contributed by atoms with Gasteiger partial charge in [0, 0.05) is 25.9 Å². The first-order chi connectivity index (χ1) is 7.34. The molecule has 2 rings (SSSR count). The van der Waals surface area contributed by atoms with Gasteiger partial charge in [0.2, 0.25) is 0 Å². The third kappa shape index (κ3) is 3.74. The van der Waals surface area contributed by atoms with Crippen molar-refractivity contribution in [2.45, 2.75) is 44.8 Å². The molecular weight excluding hydrogens is 190 g/mol. The molecule has 0 spiro atoms. The second kappa shape index (κ2) is 5.83. The summed E-state index contributed by atoms with van der Waals surface area (Å²) in [5, 5.41) is 3.64. The third-order valence-corrected chi connectivity index (χ3v) is 3.49. The van der Waals surface area contributed by atoms with Gasteiger partial charge >= 0.3 is 0 Å². The highest BCUT2D eigenvalue weighted by Gasteiger charge is 2.20. The zero-order valence-electron chi connectivity index (χ0n) is 9.71. The van der Waals surface area contributed by atoms with Crippen molar-refractivity contribution < 1.29 is 9.47 Å². The van der Waals surface area contributed by atoms with Crippen molar-refractivity contribution in [2.24, 2.45) is 5.92 Å². The van der Waals surface area contributed by atoms with Crippen LogP contribution in [0, 0.1) is 5.92 Å². The molecule has 3 atom stereocenters. The summed E-state index contributed by atoms with van der Waals surface area (Å²) in [5.74, 6) is 0.801. The van der Waals surface area contributed by atoms with Crippen LogP contribution in [0.3, 0.4) is 0 Å². The SMILES string of the molecule is CC1CC(NCCC2CCOC2)CCO1. The van der Waals surface area contributed by atoms with Crippen molar-refractivity contribution in [3.8, 4) is 0 Å². The fourth-order valence-corrected chi connectivity index (χ4v) is 2.49. The number of rotatable bonds is 4. The van der Waals surface area contributed by atoms with E-state index in [4.69, 9.17) is 9.47 Å². The van der Waals surface area contributed by atoms with Gasteiger partial charge in [0.15, 0.2) is 0 Å². The van der Waals surface area contributed by atoms with Crippen LogP contribution >= 0.6 is 0 Å². The molecule has 3 unspecified atom stereocenters. The summed E-state index contributed by atoms with van der Waals surface area (Å²) in [6.45, 7) is 6.18. The maximum Gasteiger partial charge on any atom is 0.0561 e. The zero-order chi connectivity index (χ0) is 10.5. The van der Waals surface area contributed by atoms with Crippen LogP contribution in [0.4, 0.5) is 0 Å². The van der Waals surface area contributed by atoms with Crippen LogP contribution in [0.1, 0.15) is 32.6 Å². The highest BCUT2D eigenvalue weighted by atomic mass is 16.5. The Balaban J connectivity index is 1.56. The summed E-state index contributed by atoms with van der Waals surface area (Å²) in [7, 11) is 0. The van der Waals surface area contributed by atoms with E-state index in [0.29, 0.717) is 12.1 Å². The Kier molecular flexibility index (Phi) is 4.42. The molecule has 1 N–H and O–H groups in total. The van der Waals surface area contributed by atoms with Crippen molar-refractivity contribution >= 4 is 0 Å². The molecule has 2 saturated heterocycles. The van der Waals surface area contributed by atoms with Gasteiger partial charge in [-0.2, -0.15) is 0 Å². The van der Waals surface area contributed by atoms with E-state index in [0.717, 1.165) is 32.3 Å². The maximum atomic E-state index is 5.53.